The minimum atomic E-state index is -0.576. The van der Waals surface area contributed by atoms with E-state index in [9.17, 15) is 19.7 Å². The van der Waals surface area contributed by atoms with E-state index in [1.54, 1.807) is 29.7 Å². The SMILES string of the molecule is Cn1c(-c2ccccc2)c(C=N/N=C/C(Cl)=Cc2ccc([N+](=O)[O-])cc2)n2c3c(=O)[nH]c(=O)n(C)c3nc12. The molecule has 5 aromatic rings. The molecule has 0 saturated heterocycles. The Labute approximate surface area is 218 Å². The first-order chi connectivity index (χ1) is 18.3. The number of non-ortho nitro benzene ring substituents is 1. The average molecular weight is 531 g/mol. The van der Waals surface area contributed by atoms with Crippen LogP contribution in [0, 0.1) is 10.1 Å². The number of nitrogens with one attached hydrogen (secondary N) is 1. The van der Waals surface area contributed by atoms with Crippen LogP contribution in [0.1, 0.15) is 11.3 Å². The normalized spacial score (nSPS) is 12.4. The second-order valence-electron chi connectivity index (χ2n) is 8.26. The Morgan fingerprint density at radius 1 is 1.05 bits per heavy atom. The van der Waals surface area contributed by atoms with Crippen molar-refractivity contribution in [2.24, 2.45) is 24.3 Å². The van der Waals surface area contributed by atoms with Gasteiger partial charge < -0.3 is 4.57 Å². The Balaban J connectivity index is 1.59. The molecule has 0 unspecified atom stereocenters. The molecule has 0 spiro atoms. The molecule has 0 fully saturated rings. The second-order valence-corrected chi connectivity index (χ2v) is 8.70. The highest BCUT2D eigenvalue weighted by Gasteiger charge is 2.22. The molecular formula is C25H19ClN8O4. The van der Waals surface area contributed by atoms with Gasteiger partial charge in [-0.2, -0.15) is 15.2 Å². The summed E-state index contributed by atoms with van der Waals surface area (Å²) >= 11 is 6.25. The standard InChI is InChI=1S/C25H19ClN8O4/c1-31-20(16-6-4-3-5-7-16)19(33-21-22(29-24(31)33)32(2)25(36)30-23(21)35)14-28-27-13-17(26)12-15-8-10-18(11-9-15)34(37)38/h3-14H,1-2H3,(H,30,35,36)/b17-12?,27-13+,28-14?. The van der Waals surface area contributed by atoms with E-state index in [0.29, 0.717) is 17.0 Å². The van der Waals surface area contributed by atoms with Crippen LogP contribution in [-0.2, 0) is 14.1 Å². The van der Waals surface area contributed by atoms with E-state index in [-0.39, 0.29) is 21.9 Å². The van der Waals surface area contributed by atoms with Gasteiger partial charge in [0.1, 0.15) is 0 Å². The summed E-state index contributed by atoms with van der Waals surface area (Å²) in [6.45, 7) is 0. The van der Waals surface area contributed by atoms with E-state index in [4.69, 9.17) is 11.6 Å². The number of nitro benzene ring substituents is 1. The maximum Gasteiger partial charge on any atom is 0.329 e. The van der Waals surface area contributed by atoms with E-state index < -0.39 is 16.2 Å². The number of aryl methyl sites for hydroxylation is 2. The van der Waals surface area contributed by atoms with Gasteiger partial charge in [0.15, 0.2) is 11.2 Å². The van der Waals surface area contributed by atoms with Crippen LogP contribution in [0.3, 0.4) is 0 Å². The summed E-state index contributed by atoms with van der Waals surface area (Å²) in [4.78, 5) is 42.1. The van der Waals surface area contributed by atoms with Crippen LogP contribution in [0.5, 0.6) is 0 Å². The van der Waals surface area contributed by atoms with Gasteiger partial charge in [-0.1, -0.05) is 41.9 Å². The summed E-state index contributed by atoms with van der Waals surface area (Å²) in [6.07, 6.45) is 4.39. The fourth-order valence-electron chi connectivity index (χ4n) is 4.12. The highest BCUT2D eigenvalue weighted by Crippen LogP contribution is 2.28. The maximum absolute atomic E-state index is 12.8. The number of benzene rings is 2. The second kappa shape index (κ2) is 9.75. The lowest BCUT2D eigenvalue weighted by Gasteiger charge is -2.05. The van der Waals surface area contributed by atoms with E-state index >= 15 is 0 Å². The minimum Gasteiger partial charge on any atom is -0.312 e. The van der Waals surface area contributed by atoms with Crippen molar-refractivity contribution in [2.75, 3.05) is 0 Å². The number of hydrogen-bond acceptors (Lipinski definition) is 7. The van der Waals surface area contributed by atoms with E-state index in [1.165, 1.54) is 36.2 Å². The van der Waals surface area contributed by atoms with Crippen LogP contribution >= 0.6 is 11.6 Å². The number of nitro groups is 1. The molecule has 0 aliphatic carbocycles. The summed E-state index contributed by atoms with van der Waals surface area (Å²) in [5.41, 5.74) is 2.03. The van der Waals surface area contributed by atoms with Gasteiger partial charge in [-0.25, -0.2) is 4.79 Å². The van der Waals surface area contributed by atoms with Crippen molar-refractivity contribution in [1.82, 2.24) is 23.5 Å². The number of hydrogen-bond donors (Lipinski definition) is 1. The molecule has 0 aliphatic heterocycles. The van der Waals surface area contributed by atoms with Gasteiger partial charge in [0.25, 0.3) is 11.2 Å². The molecule has 0 atom stereocenters. The largest absolute Gasteiger partial charge is 0.329 e. The Hall–Kier alpha value is -5.10. The van der Waals surface area contributed by atoms with Gasteiger partial charge in [-0.05, 0) is 23.8 Å². The summed E-state index contributed by atoms with van der Waals surface area (Å²) in [5.74, 6) is 0.437. The van der Waals surface area contributed by atoms with Crippen LogP contribution in [0.4, 0.5) is 5.69 Å². The Morgan fingerprint density at radius 3 is 2.45 bits per heavy atom. The van der Waals surface area contributed by atoms with Gasteiger partial charge in [0.2, 0.25) is 5.78 Å². The van der Waals surface area contributed by atoms with E-state index in [1.807, 2.05) is 34.9 Å². The number of allylic oxidation sites excluding steroid dienone is 1. The lowest BCUT2D eigenvalue weighted by Crippen LogP contribution is -2.28. The first-order valence-electron chi connectivity index (χ1n) is 11.2. The van der Waals surface area contributed by atoms with Gasteiger partial charge in [0, 0.05) is 31.8 Å². The number of halogens is 1. The first-order valence-corrected chi connectivity index (χ1v) is 11.6. The molecular weight excluding hydrogens is 512 g/mol. The predicted molar refractivity (Wildman–Crippen MR) is 146 cm³/mol. The number of aromatic nitrogens is 5. The molecule has 1 N–H and O–H groups in total. The molecule has 0 bridgehead atoms. The zero-order valence-electron chi connectivity index (χ0n) is 20.1. The average Bonchev–Trinajstić information content (AvgIpc) is 3.42. The van der Waals surface area contributed by atoms with Crippen molar-refractivity contribution < 1.29 is 4.92 Å². The molecule has 3 heterocycles. The first kappa shape index (κ1) is 24.6. The Morgan fingerprint density at radius 2 is 1.76 bits per heavy atom. The van der Waals surface area contributed by atoms with Gasteiger partial charge in [0.05, 0.1) is 33.8 Å². The topological polar surface area (TPSA) is 145 Å². The molecule has 0 amide bonds. The lowest BCUT2D eigenvalue weighted by molar-refractivity contribution is -0.384. The Bertz CT molecular complexity index is 1910. The lowest BCUT2D eigenvalue weighted by atomic mass is 10.1. The van der Waals surface area contributed by atoms with E-state index in [0.717, 1.165) is 11.3 Å². The van der Waals surface area contributed by atoms with E-state index in [2.05, 4.69) is 20.2 Å². The zero-order chi connectivity index (χ0) is 27.0. The summed E-state index contributed by atoms with van der Waals surface area (Å²) in [5, 5.41) is 19.2. The molecule has 13 heteroatoms. The number of nitrogens with zero attached hydrogens (tertiary/aromatic N) is 7. The monoisotopic (exact) mass is 530 g/mol. The third-order valence-electron chi connectivity index (χ3n) is 5.90. The van der Waals surface area contributed by atoms with Gasteiger partial charge >= 0.3 is 5.69 Å². The quantitative estimate of drug-likeness (QED) is 0.203. The molecule has 3 aromatic heterocycles. The van der Waals surface area contributed by atoms with Crippen molar-refractivity contribution in [3.63, 3.8) is 0 Å². The summed E-state index contributed by atoms with van der Waals surface area (Å²) < 4.78 is 4.71. The van der Waals surface area contributed by atoms with Crippen molar-refractivity contribution >= 4 is 52.7 Å². The molecule has 12 nitrogen and oxygen atoms in total. The van der Waals surface area contributed by atoms with Crippen LogP contribution in [0.25, 0.3) is 34.3 Å². The minimum absolute atomic E-state index is 0.0223. The smallest absolute Gasteiger partial charge is 0.312 e. The third-order valence-corrected chi connectivity index (χ3v) is 6.11. The third kappa shape index (κ3) is 4.33. The Kier molecular flexibility index (Phi) is 6.31. The number of aromatic amines is 1. The molecule has 0 saturated carbocycles. The number of fused-ring (bicyclic) bond motifs is 3. The molecule has 5 rings (SSSR count). The van der Waals surface area contributed by atoms with Gasteiger partial charge in [-0.3, -0.25) is 28.9 Å². The predicted octanol–water partition coefficient (Wildman–Crippen LogP) is 3.47. The maximum atomic E-state index is 12.8. The number of imidazole rings is 2. The highest BCUT2D eigenvalue weighted by molar-refractivity contribution is 6.41. The summed E-state index contributed by atoms with van der Waals surface area (Å²) in [7, 11) is 3.34. The van der Waals surface area contributed by atoms with Crippen molar-refractivity contribution in [1.29, 1.82) is 0 Å². The van der Waals surface area contributed by atoms with Crippen LogP contribution < -0.4 is 11.2 Å². The van der Waals surface area contributed by atoms with Crippen LogP contribution in [0.15, 0.2) is 79.4 Å². The molecule has 0 aliphatic rings. The zero-order valence-corrected chi connectivity index (χ0v) is 20.8. The number of rotatable bonds is 6. The van der Waals surface area contributed by atoms with Crippen LogP contribution in [-0.4, -0.2) is 40.9 Å². The van der Waals surface area contributed by atoms with Crippen molar-refractivity contribution in [3.8, 4) is 11.3 Å². The van der Waals surface area contributed by atoms with Gasteiger partial charge in [-0.15, -0.1) is 0 Å². The molecule has 38 heavy (non-hydrogen) atoms. The summed E-state index contributed by atoms with van der Waals surface area (Å²) in [6, 6.07) is 15.4. The highest BCUT2D eigenvalue weighted by atomic mass is 35.5. The van der Waals surface area contributed by atoms with Crippen molar-refractivity contribution in [2.45, 2.75) is 0 Å². The van der Waals surface area contributed by atoms with Crippen LogP contribution in [0.2, 0.25) is 0 Å². The molecule has 190 valence electrons. The fraction of sp³-hybridized carbons (Fsp3) is 0.0800. The molecule has 2 aromatic carbocycles. The molecule has 0 radical (unpaired) electrons. The fourth-order valence-corrected chi connectivity index (χ4v) is 4.29. The van der Waals surface area contributed by atoms with Crippen molar-refractivity contribution in [3.05, 3.63) is 102 Å². The number of H-pyrrole nitrogens is 1.